The van der Waals surface area contributed by atoms with E-state index < -0.39 is 17.2 Å². The maximum atomic E-state index is 12.2. The molecule has 0 spiro atoms. The van der Waals surface area contributed by atoms with E-state index in [2.05, 4.69) is 6.92 Å². The Bertz CT molecular complexity index is 417. The monoisotopic (exact) mass is 295 g/mol. The molecule has 0 aliphatic heterocycles. The lowest BCUT2D eigenvalue weighted by molar-refractivity contribution is -0.149. The molecule has 0 fully saturated rings. The largest absolute Gasteiger partial charge is 0.491 e. The van der Waals surface area contributed by atoms with Gasteiger partial charge in [0, 0.05) is 6.42 Å². The second-order valence-electron chi connectivity index (χ2n) is 7.08. The lowest BCUT2D eigenvalue weighted by Gasteiger charge is -2.25. The molecule has 0 unspecified atom stereocenters. The smallest absolute Gasteiger partial charge is 0.352 e. The van der Waals surface area contributed by atoms with E-state index in [0.717, 1.165) is 19.3 Å². The van der Waals surface area contributed by atoms with Crippen molar-refractivity contribution in [1.29, 1.82) is 5.26 Å². The van der Waals surface area contributed by atoms with Crippen molar-refractivity contribution in [1.82, 2.24) is 0 Å². The summed E-state index contributed by atoms with van der Waals surface area (Å²) in [5, 5.41) is 9.33. The summed E-state index contributed by atoms with van der Waals surface area (Å²) in [4.78, 5) is 12.2. The molecule has 21 heavy (non-hydrogen) atoms. The van der Waals surface area contributed by atoms with E-state index in [1.54, 1.807) is 20.8 Å². The Labute approximate surface area is 129 Å². The minimum absolute atomic E-state index is 0.0176. The number of hydrogen-bond donors (Lipinski definition) is 0. The molecule has 0 aliphatic carbocycles. The second kappa shape index (κ2) is 8.07. The van der Waals surface area contributed by atoms with Crippen molar-refractivity contribution < 1.29 is 14.3 Å². The first-order valence-corrected chi connectivity index (χ1v) is 7.55. The van der Waals surface area contributed by atoms with Crippen LogP contribution in [0.2, 0.25) is 0 Å². The van der Waals surface area contributed by atoms with Gasteiger partial charge in [-0.2, -0.15) is 5.26 Å². The van der Waals surface area contributed by atoms with Gasteiger partial charge in [0.1, 0.15) is 23.0 Å². The topological polar surface area (TPSA) is 59.3 Å². The fourth-order valence-electron chi connectivity index (χ4n) is 1.68. The molecule has 4 nitrogen and oxygen atoms in total. The number of hydrogen-bond acceptors (Lipinski definition) is 4. The molecule has 0 aromatic carbocycles. The van der Waals surface area contributed by atoms with Crippen LogP contribution in [0.3, 0.4) is 0 Å². The Hall–Kier alpha value is -1.50. The number of nitriles is 1. The molecule has 0 rings (SSSR count). The van der Waals surface area contributed by atoms with Gasteiger partial charge in [0.15, 0.2) is 5.57 Å². The maximum absolute atomic E-state index is 12.2. The van der Waals surface area contributed by atoms with Crippen LogP contribution in [-0.4, -0.2) is 17.2 Å². The van der Waals surface area contributed by atoms with E-state index >= 15 is 0 Å². The molecule has 0 atom stereocenters. The SMILES string of the molecule is CCCCC/C(OC(C)(C)C)=C(\C#N)C(=O)OC(C)(C)C. The van der Waals surface area contributed by atoms with E-state index in [0.29, 0.717) is 12.2 Å². The van der Waals surface area contributed by atoms with E-state index in [4.69, 9.17) is 9.47 Å². The summed E-state index contributed by atoms with van der Waals surface area (Å²) in [6.45, 7) is 13.1. The standard InChI is InChI=1S/C17H29NO3/c1-8-9-10-11-14(20-16(2,3)4)13(12-18)15(19)21-17(5,6)7/h8-11H2,1-7H3/b14-13-. The van der Waals surface area contributed by atoms with E-state index in [1.807, 2.05) is 26.8 Å². The maximum Gasteiger partial charge on any atom is 0.352 e. The Morgan fingerprint density at radius 2 is 1.52 bits per heavy atom. The van der Waals surface area contributed by atoms with Gasteiger partial charge in [0.2, 0.25) is 0 Å². The number of carbonyl (C=O) groups excluding carboxylic acids is 1. The molecule has 0 aliphatic rings. The molecule has 0 heterocycles. The Kier molecular flexibility index (Phi) is 7.49. The van der Waals surface area contributed by atoms with Crippen LogP contribution in [-0.2, 0) is 14.3 Å². The first-order valence-electron chi connectivity index (χ1n) is 7.55. The lowest BCUT2D eigenvalue weighted by atomic mass is 10.1. The van der Waals surface area contributed by atoms with Crippen LogP contribution in [0.15, 0.2) is 11.3 Å². The molecule has 0 N–H and O–H groups in total. The Morgan fingerprint density at radius 3 is 1.90 bits per heavy atom. The highest BCUT2D eigenvalue weighted by Gasteiger charge is 2.26. The average molecular weight is 295 g/mol. The molecule has 4 heteroatoms. The Balaban J connectivity index is 5.33. The summed E-state index contributed by atoms with van der Waals surface area (Å²) in [6, 6.07) is 1.95. The summed E-state index contributed by atoms with van der Waals surface area (Å²) in [7, 11) is 0. The van der Waals surface area contributed by atoms with Gasteiger partial charge in [-0.05, 0) is 48.0 Å². The van der Waals surface area contributed by atoms with Crippen molar-refractivity contribution in [3.63, 3.8) is 0 Å². The van der Waals surface area contributed by atoms with Gasteiger partial charge >= 0.3 is 5.97 Å². The van der Waals surface area contributed by atoms with Crippen molar-refractivity contribution in [2.45, 2.75) is 85.4 Å². The van der Waals surface area contributed by atoms with Gasteiger partial charge in [-0.3, -0.25) is 0 Å². The van der Waals surface area contributed by atoms with Crippen LogP contribution in [0.5, 0.6) is 0 Å². The highest BCUT2D eigenvalue weighted by molar-refractivity contribution is 5.93. The average Bonchev–Trinajstić information content (AvgIpc) is 2.25. The third-order valence-corrected chi connectivity index (χ3v) is 2.43. The fraction of sp³-hybridized carbons (Fsp3) is 0.765. The van der Waals surface area contributed by atoms with Crippen LogP contribution in [0.25, 0.3) is 0 Å². The van der Waals surface area contributed by atoms with Crippen LogP contribution in [0.1, 0.15) is 74.1 Å². The quantitative estimate of drug-likeness (QED) is 0.238. The van der Waals surface area contributed by atoms with Crippen LogP contribution >= 0.6 is 0 Å². The van der Waals surface area contributed by atoms with E-state index in [1.165, 1.54) is 0 Å². The highest BCUT2D eigenvalue weighted by atomic mass is 16.6. The molecule has 120 valence electrons. The fourth-order valence-corrected chi connectivity index (χ4v) is 1.68. The Morgan fingerprint density at radius 1 is 1.00 bits per heavy atom. The highest BCUT2D eigenvalue weighted by Crippen LogP contribution is 2.23. The van der Waals surface area contributed by atoms with Crippen LogP contribution < -0.4 is 0 Å². The third-order valence-electron chi connectivity index (χ3n) is 2.43. The molecular formula is C17H29NO3. The molecule has 0 saturated carbocycles. The van der Waals surface area contributed by atoms with Gasteiger partial charge in [-0.15, -0.1) is 0 Å². The summed E-state index contributed by atoms with van der Waals surface area (Å²) in [5.41, 5.74) is -1.10. The van der Waals surface area contributed by atoms with Crippen molar-refractivity contribution in [3.8, 4) is 6.07 Å². The van der Waals surface area contributed by atoms with E-state index in [-0.39, 0.29) is 5.57 Å². The molecule has 0 radical (unpaired) electrons. The van der Waals surface area contributed by atoms with Gasteiger partial charge in [-0.1, -0.05) is 19.8 Å². The zero-order valence-electron chi connectivity index (χ0n) is 14.5. The summed E-state index contributed by atoms with van der Waals surface area (Å²) in [5.74, 6) is -0.173. The molecule has 0 aromatic heterocycles. The van der Waals surface area contributed by atoms with Gasteiger partial charge < -0.3 is 9.47 Å². The number of ether oxygens (including phenoxy) is 2. The normalized spacial score (nSPS) is 13.2. The number of rotatable bonds is 6. The number of allylic oxidation sites excluding steroid dienone is 1. The number of esters is 1. The molecular weight excluding hydrogens is 266 g/mol. The minimum Gasteiger partial charge on any atom is -0.491 e. The second-order valence-corrected chi connectivity index (χ2v) is 7.08. The van der Waals surface area contributed by atoms with Gasteiger partial charge in [0.25, 0.3) is 0 Å². The number of nitrogens with zero attached hydrogens (tertiary/aromatic N) is 1. The van der Waals surface area contributed by atoms with Gasteiger partial charge in [0.05, 0.1) is 0 Å². The lowest BCUT2D eigenvalue weighted by Crippen LogP contribution is -2.27. The first-order chi connectivity index (χ1) is 9.50. The predicted molar refractivity (Wildman–Crippen MR) is 83.5 cm³/mol. The molecule has 0 aromatic rings. The van der Waals surface area contributed by atoms with Crippen molar-refractivity contribution >= 4 is 5.97 Å². The zero-order valence-corrected chi connectivity index (χ0v) is 14.5. The third kappa shape index (κ3) is 9.12. The summed E-state index contributed by atoms with van der Waals surface area (Å²) >= 11 is 0. The molecule has 0 saturated heterocycles. The van der Waals surface area contributed by atoms with Crippen molar-refractivity contribution in [2.75, 3.05) is 0 Å². The van der Waals surface area contributed by atoms with Crippen molar-refractivity contribution in [3.05, 3.63) is 11.3 Å². The van der Waals surface area contributed by atoms with Crippen molar-refractivity contribution in [2.24, 2.45) is 0 Å². The summed E-state index contributed by atoms with van der Waals surface area (Å²) < 4.78 is 11.1. The predicted octanol–water partition coefficient (Wildman–Crippen LogP) is 4.50. The number of unbranched alkanes of at least 4 members (excludes halogenated alkanes) is 2. The molecule has 0 amide bonds. The van der Waals surface area contributed by atoms with E-state index in [9.17, 15) is 10.1 Å². The number of carbonyl (C=O) groups is 1. The van der Waals surface area contributed by atoms with Gasteiger partial charge in [-0.25, -0.2) is 4.79 Å². The summed E-state index contributed by atoms with van der Waals surface area (Å²) in [6.07, 6.45) is 3.56. The zero-order chi connectivity index (χ0) is 16.7. The van der Waals surface area contributed by atoms with Crippen LogP contribution in [0.4, 0.5) is 0 Å². The van der Waals surface area contributed by atoms with Crippen LogP contribution in [0, 0.1) is 11.3 Å². The first kappa shape index (κ1) is 19.5. The minimum atomic E-state index is -0.630. The molecule has 0 bridgehead atoms.